The van der Waals surface area contributed by atoms with Crippen LogP contribution in [0.5, 0.6) is 0 Å². The van der Waals surface area contributed by atoms with Gasteiger partial charge < -0.3 is 15.1 Å². The molecule has 1 aromatic heterocycles. The number of anilines is 2. The van der Waals surface area contributed by atoms with Crippen LogP contribution in [0.25, 0.3) is 0 Å². The number of para-hydroxylation sites is 1. The lowest BCUT2D eigenvalue weighted by molar-refractivity contribution is -0.131. The highest BCUT2D eigenvalue weighted by molar-refractivity contribution is 7.15. The van der Waals surface area contributed by atoms with Gasteiger partial charge in [-0.25, -0.2) is 4.98 Å². The summed E-state index contributed by atoms with van der Waals surface area (Å²) in [6.45, 7) is 7.20. The molecular formula is C23H30N4O2S. The highest BCUT2D eigenvalue weighted by atomic mass is 32.1. The molecule has 0 radical (unpaired) electrons. The molecule has 160 valence electrons. The second-order valence-corrected chi connectivity index (χ2v) is 9.09. The summed E-state index contributed by atoms with van der Waals surface area (Å²) in [6, 6.07) is 8.03. The number of hydrogen-bond donors (Lipinski definition) is 1. The number of fused-ring (bicyclic) bond motifs is 1. The number of amides is 2. The Morgan fingerprint density at radius 3 is 2.67 bits per heavy atom. The summed E-state index contributed by atoms with van der Waals surface area (Å²) in [6.07, 6.45) is 3.93. The number of piperazine rings is 1. The van der Waals surface area contributed by atoms with Crippen LogP contribution in [0.4, 0.5) is 10.8 Å². The summed E-state index contributed by atoms with van der Waals surface area (Å²) < 4.78 is 0. The van der Waals surface area contributed by atoms with Gasteiger partial charge in [-0.15, -0.1) is 11.3 Å². The van der Waals surface area contributed by atoms with Crippen molar-refractivity contribution in [2.45, 2.75) is 46.0 Å². The smallest absolute Gasteiger partial charge is 0.227 e. The van der Waals surface area contributed by atoms with Crippen LogP contribution in [-0.4, -0.2) is 47.9 Å². The lowest BCUT2D eigenvalue weighted by atomic mass is 9.90. The molecule has 0 unspecified atom stereocenters. The van der Waals surface area contributed by atoms with Gasteiger partial charge in [-0.1, -0.05) is 32.0 Å². The Hall–Kier alpha value is -2.41. The SMILES string of the molecule is CCC(=O)N1CCN(c2nc3c(s2)C[C@@H](C(=O)Nc2ccccc2CC)CC3)CC1. The molecule has 0 saturated carbocycles. The van der Waals surface area contributed by atoms with Crippen LogP contribution in [0.1, 0.15) is 42.8 Å². The minimum absolute atomic E-state index is 0.00487. The summed E-state index contributed by atoms with van der Waals surface area (Å²) >= 11 is 1.72. The first-order valence-electron chi connectivity index (χ1n) is 11.0. The van der Waals surface area contributed by atoms with Crippen molar-refractivity contribution in [3.8, 4) is 0 Å². The third kappa shape index (κ3) is 4.36. The number of carbonyl (C=O) groups excluding carboxylic acids is 2. The molecule has 1 aliphatic heterocycles. The molecule has 7 heteroatoms. The Morgan fingerprint density at radius 2 is 1.93 bits per heavy atom. The van der Waals surface area contributed by atoms with E-state index in [0.29, 0.717) is 6.42 Å². The molecule has 2 aliphatic rings. The van der Waals surface area contributed by atoms with E-state index in [2.05, 4.69) is 23.2 Å². The van der Waals surface area contributed by atoms with Crippen molar-refractivity contribution < 1.29 is 9.59 Å². The Bertz CT molecular complexity index is 918. The van der Waals surface area contributed by atoms with Gasteiger partial charge in [-0.05, 0) is 37.3 Å². The lowest BCUT2D eigenvalue weighted by Crippen LogP contribution is -2.48. The largest absolute Gasteiger partial charge is 0.345 e. The van der Waals surface area contributed by atoms with Crippen LogP contribution in [0.15, 0.2) is 24.3 Å². The molecule has 1 atom stereocenters. The van der Waals surface area contributed by atoms with Crippen LogP contribution >= 0.6 is 11.3 Å². The average molecular weight is 427 g/mol. The van der Waals surface area contributed by atoms with Gasteiger partial charge in [0.25, 0.3) is 0 Å². The normalized spacial score (nSPS) is 18.8. The minimum atomic E-state index is -0.00487. The maximum Gasteiger partial charge on any atom is 0.227 e. The fraction of sp³-hybridized carbons (Fsp3) is 0.522. The second-order valence-electron chi connectivity index (χ2n) is 8.03. The van der Waals surface area contributed by atoms with Gasteiger partial charge in [-0.3, -0.25) is 9.59 Å². The molecule has 6 nitrogen and oxygen atoms in total. The van der Waals surface area contributed by atoms with Gasteiger partial charge in [0.05, 0.1) is 5.69 Å². The molecule has 0 bridgehead atoms. The first-order valence-corrected chi connectivity index (χ1v) is 11.8. The van der Waals surface area contributed by atoms with E-state index < -0.39 is 0 Å². The molecule has 2 heterocycles. The van der Waals surface area contributed by atoms with E-state index >= 15 is 0 Å². The van der Waals surface area contributed by atoms with Gasteiger partial charge in [0.15, 0.2) is 5.13 Å². The fourth-order valence-corrected chi connectivity index (χ4v) is 5.51. The van der Waals surface area contributed by atoms with Crippen LogP contribution in [0.3, 0.4) is 0 Å². The number of nitrogens with one attached hydrogen (secondary N) is 1. The molecule has 1 saturated heterocycles. The van der Waals surface area contributed by atoms with Crippen molar-refractivity contribution >= 4 is 34.0 Å². The zero-order valence-corrected chi connectivity index (χ0v) is 18.6. The van der Waals surface area contributed by atoms with E-state index in [1.54, 1.807) is 11.3 Å². The van der Waals surface area contributed by atoms with Gasteiger partial charge in [-0.2, -0.15) is 0 Å². The predicted molar refractivity (Wildman–Crippen MR) is 121 cm³/mol. The van der Waals surface area contributed by atoms with Gasteiger partial charge in [0, 0.05) is 49.1 Å². The Kier molecular flexibility index (Phi) is 6.37. The molecule has 0 spiro atoms. The first kappa shape index (κ1) is 20.8. The highest BCUT2D eigenvalue weighted by Crippen LogP contribution is 2.35. The van der Waals surface area contributed by atoms with Crippen LogP contribution < -0.4 is 10.2 Å². The minimum Gasteiger partial charge on any atom is -0.345 e. The van der Waals surface area contributed by atoms with Crippen molar-refractivity contribution in [3.63, 3.8) is 0 Å². The zero-order valence-electron chi connectivity index (χ0n) is 17.8. The molecule has 2 amide bonds. The number of thiazole rings is 1. The van der Waals surface area contributed by atoms with E-state index in [-0.39, 0.29) is 17.7 Å². The average Bonchev–Trinajstić information content (AvgIpc) is 3.22. The van der Waals surface area contributed by atoms with Crippen LogP contribution in [0, 0.1) is 5.92 Å². The number of carbonyl (C=O) groups is 2. The molecule has 30 heavy (non-hydrogen) atoms. The monoisotopic (exact) mass is 426 g/mol. The summed E-state index contributed by atoms with van der Waals surface area (Å²) in [5.41, 5.74) is 3.25. The molecular weight excluding hydrogens is 396 g/mol. The molecule has 1 fully saturated rings. The Balaban J connectivity index is 1.38. The third-order valence-corrected chi connectivity index (χ3v) is 7.34. The molecule has 1 aliphatic carbocycles. The standard InChI is InChI=1S/C23H30N4O2S/c1-3-16-7-5-6-8-18(16)24-22(29)17-9-10-19-20(15-17)30-23(25-19)27-13-11-26(12-14-27)21(28)4-2/h5-8,17H,3-4,9-15H2,1-2H3,(H,24,29)/t17-/m0/s1. The number of rotatable bonds is 5. The maximum atomic E-state index is 12.9. The number of aromatic nitrogens is 1. The van der Waals surface area contributed by atoms with Crippen LogP contribution in [0.2, 0.25) is 0 Å². The van der Waals surface area contributed by atoms with Gasteiger partial charge in [0.2, 0.25) is 11.8 Å². The summed E-state index contributed by atoms with van der Waals surface area (Å²) in [5.74, 6) is 0.338. The van der Waals surface area contributed by atoms with E-state index in [0.717, 1.165) is 68.4 Å². The third-order valence-electron chi connectivity index (χ3n) is 6.16. The van der Waals surface area contributed by atoms with E-state index in [4.69, 9.17) is 4.98 Å². The fourth-order valence-electron chi connectivity index (χ4n) is 4.28. The van der Waals surface area contributed by atoms with E-state index in [1.807, 2.05) is 30.0 Å². The Labute approximate surface area is 182 Å². The predicted octanol–water partition coefficient (Wildman–Crippen LogP) is 3.51. The number of aryl methyl sites for hydroxylation is 2. The summed E-state index contributed by atoms with van der Waals surface area (Å²) in [7, 11) is 0. The van der Waals surface area contributed by atoms with Crippen LogP contribution in [-0.2, 0) is 28.9 Å². The summed E-state index contributed by atoms with van der Waals surface area (Å²) in [5, 5.41) is 4.19. The van der Waals surface area contributed by atoms with Crippen molar-refractivity contribution in [1.29, 1.82) is 0 Å². The number of nitrogens with zero attached hydrogens (tertiary/aromatic N) is 3. The van der Waals surface area contributed by atoms with Crippen molar-refractivity contribution in [1.82, 2.24) is 9.88 Å². The molecule has 1 aromatic carbocycles. The molecule has 2 aromatic rings. The lowest BCUT2D eigenvalue weighted by Gasteiger charge is -2.34. The van der Waals surface area contributed by atoms with Crippen molar-refractivity contribution in [2.75, 3.05) is 36.4 Å². The zero-order chi connectivity index (χ0) is 21.1. The highest BCUT2D eigenvalue weighted by Gasteiger charge is 2.30. The van der Waals surface area contributed by atoms with Gasteiger partial charge >= 0.3 is 0 Å². The Morgan fingerprint density at radius 1 is 1.17 bits per heavy atom. The number of hydrogen-bond acceptors (Lipinski definition) is 5. The molecule has 1 N–H and O–H groups in total. The number of benzene rings is 1. The second kappa shape index (κ2) is 9.16. The summed E-state index contributed by atoms with van der Waals surface area (Å²) in [4.78, 5) is 35.2. The van der Waals surface area contributed by atoms with Crippen molar-refractivity contribution in [2.24, 2.45) is 5.92 Å². The van der Waals surface area contributed by atoms with E-state index in [9.17, 15) is 9.59 Å². The maximum absolute atomic E-state index is 12.9. The van der Waals surface area contributed by atoms with Gasteiger partial charge in [0.1, 0.15) is 0 Å². The topological polar surface area (TPSA) is 65.5 Å². The quantitative estimate of drug-likeness (QED) is 0.795. The molecule has 4 rings (SSSR count). The van der Waals surface area contributed by atoms with E-state index in [1.165, 1.54) is 10.4 Å². The van der Waals surface area contributed by atoms with Crippen molar-refractivity contribution in [3.05, 3.63) is 40.4 Å². The first-order chi connectivity index (χ1) is 14.6.